The maximum absolute atomic E-state index is 11.0. The van der Waals surface area contributed by atoms with Crippen molar-refractivity contribution in [2.45, 2.75) is 26.2 Å². The second-order valence-corrected chi connectivity index (χ2v) is 5.54. The van der Waals surface area contributed by atoms with Crippen molar-refractivity contribution in [2.75, 3.05) is 0 Å². The fraction of sp³-hybridized carbons (Fsp3) is 0.286. The Labute approximate surface area is 111 Å². The molecule has 0 radical (unpaired) electrons. The quantitative estimate of drug-likeness (QED) is 0.766. The maximum Gasteiger partial charge on any atom is 0.226 e. The van der Waals surface area contributed by atoms with E-state index in [-0.39, 0.29) is 5.41 Å². The van der Waals surface area contributed by atoms with E-state index >= 15 is 0 Å². The summed E-state index contributed by atoms with van der Waals surface area (Å²) < 4.78 is 5.71. The number of aromatic nitrogens is 1. The molecule has 0 amide bonds. The highest BCUT2D eigenvalue weighted by atomic mass is 35.5. The van der Waals surface area contributed by atoms with E-state index in [1.54, 1.807) is 12.1 Å². The smallest absolute Gasteiger partial charge is 0.226 e. The molecule has 0 spiro atoms. The Hall–Kier alpha value is -1.61. The molecule has 2 rings (SSSR count). The fourth-order valence-corrected chi connectivity index (χ4v) is 1.79. The number of nitrogens with zero attached hydrogens (tertiary/aromatic N) is 1. The maximum atomic E-state index is 11.0. The van der Waals surface area contributed by atoms with Gasteiger partial charge in [0.25, 0.3) is 0 Å². The predicted octanol–water partition coefficient (Wildman–Crippen LogP) is 4.11. The van der Waals surface area contributed by atoms with Crippen molar-refractivity contribution >= 4 is 17.9 Å². The van der Waals surface area contributed by atoms with Crippen LogP contribution in [0.15, 0.2) is 28.7 Å². The first kappa shape index (κ1) is 12.8. The average Bonchev–Trinajstić information content (AvgIpc) is 2.73. The summed E-state index contributed by atoms with van der Waals surface area (Å²) >= 11 is 5.83. The molecule has 0 fully saturated rings. The molecule has 0 N–H and O–H groups in total. The van der Waals surface area contributed by atoms with Gasteiger partial charge >= 0.3 is 0 Å². The number of hydrogen-bond acceptors (Lipinski definition) is 3. The van der Waals surface area contributed by atoms with Gasteiger partial charge in [-0.3, -0.25) is 4.79 Å². The number of carbonyl (C=O) groups excluding carboxylic acids is 1. The third-order valence-corrected chi connectivity index (χ3v) is 2.79. The highest BCUT2D eigenvalue weighted by Crippen LogP contribution is 2.30. The molecule has 0 aliphatic rings. The molecule has 1 heterocycles. The van der Waals surface area contributed by atoms with Crippen LogP contribution in [0.2, 0.25) is 5.02 Å². The molecule has 0 saturated heterocycles. The Morgan fingerprint density at radius 1 is 1.22 bits per heavy atom. The molecule has 0 unspecified atom stereocenters. The van der Waals surface area contributed by atoms with Gasteiger partial charge in [-0.1, -0.05) is 32.4 Å². The molecule has 1 aromatic heterocycles. The summed E-state index contributed by atoms with van der Waals surface area (Å²) in [6, 6.07) is 7.15. The molecule has 18 heavy (non-hydrogen) atoms. The van der Waals surface area contributed by atoms with Crippen molar-refractivity contribution in [3.05, 3.63) is 40.7 Å². The summed E-state index contributed by atoms with van der Waals surface area (Å²) in [6.45, 7) is 5.93. The number of benzene rings is 1. The third kappa shape index (κ3) is 2.46. The Balaban J connectivity index is 2.50. The third-order valence-electron chi connectivity index (χ3n) is 2.54. The Kier molecular flexibility index (Phi) is 3.26. The zero-order valence-corrected chi connectivity index (χ0v) is 11.3. The van der Waals surface area contributed by atoms with Crippen LogP contribution >= 0.6 is 11.6 Å². The highest BCUT2D eigenvalue weighted by molar-refractivity contribution is 6.30. The number of oxazole rings is 1. The van der Waals surface area contributed by atoms with Crippen molar-refractivity contribution in [1.29, 1.82) is 0 Å². The topological polar surface area (TPSA) is 43.1 Å². The Bertz CT molecular complexity index is 564. The molecule has 3 nitrogen and oxygen atoms in total. The molecule has 0 saturated carbocycles. The van der Waals surface area contributed by atoms with E-state index < -0.39 is 0 Å². The van der Waals surface area contributed by atoms with E-state index in [1.807, 2.05) is 32.9 Å². The van der Waals surface area contributed by atoms with Gasteiger partial charge in [0, 0.05) is 16.0 Å². The van der Waals surface area contributed by atoms with Gasteiger partial charge in [0.15, 0.2) is 6.29 Å². The largest absolute Gasteiger partial charge is 0.440 e. The van der Waals surface area contributed by atoms with E-state index in [9.17, 15) is 4.79 Å². The SMILES string of the molecule is CC(C)(C)c1oc(-c2ccc(Cl)cc2)nc1C=O. The number of carbonyl (C=O) groups is 1. The molecule has 0 atom stereocenters. The lowest BCUT2D eigenvalue weighted by Crippen LogP contribution is -2.12. The van der Waals surface area contributed by atoms with E-state index in [0.29, 0.717) is 22.4 Å². The van der Waals surface area contributed by atoms with Crippen molar-refractivity contribution < 1.29 is 9.21 Å². The zero-order chi connectivity index (χ0) is 13.3. The summed E-state index contributed by atoms with van der Waals surface area (Å²) in [5.74, 6) is 1.04. The minimum absolute atomic E-state index is 0.256. The van der Waals surface area contributed by atoms with Gasteiger partial charge < -0.3 is 4.42 Å². The van der Waals surface area contributed by atoms with Gasteiger partial charge in [-0.15, -0.1) is 0 Å². The molecule has 0 aliphatic heterocycles. The number of hydrogen-bond donors (Lipinski definition) is 0. The molecular weight excluding hydrogens is 250 g/mol. The van der Waals surface area contributed by atoms with Crippen LogP contribution in [0.3, 0.4) is 0 Å². The molecule has 4 heteroatoms. The standard InChI is InChI=1S/C14H14ClNO2/c1-14(2,3)12-11(8-17)16-13(18-12)9-4-6-10(15)7-5-9/h4-8H,1-3H3. The van der Waals surface area contributed by atoms with Crippen LogP contribution in [0.25, 0.3) is 11.5 Å². The summed E-state index contributed by atoms with van der Waals surface area (Å²) in [5, 5.41) is 0.650. The summed E-state index contributed by atoms with van der Waals surface area (Å²) in [7, 11) is 0. The van der Waals surface area contributed by atoms with Crippen molar-refractivity contribution in [1.82, 2.24) is 4.98 Å². The van der Waals surface area contributed by atoms with Gasteiger partial charge in [-0.2, -0.15) is 0 Å². The second-order valence-electron chi connectivity index (χ2n) is 5.11. The first-order valence-electron chi connectivity index (χ1n) is 5.64. The number of halogens is 1. The van der Waals surface area contributed by atoms with Crippen molar-refractivity contribution in [3.63, 3.8) is 0 Å². The van der Waals surface area contributed by atoms with E-state index in [4.69, 9.17) is 16.0 Å². The van der Waals surface area contributed by atoms with Gasteiger partial charge in [-0.05, 0) is 24.3 Å². The second kappa shape index (κ2) is 4.58. The summed E-state index contributed by atoms with van der Waals surface area (Å²) in [6.07, 6.45) is 0.726. The van der Waals surface area contributed by atoms with Crippen molar-refractivity contribution in [2.24, 2.45) is 0 Å². The van der Waals surface area contributed by atoms with Gasteiger partial charge in [0.2, 0.25) is 5.89 Å². The molecular formula is C14H14ClNO2. The first-order valence-corrected chi connectivity index (χ1v) is 6.02. The Morgan fingerprint density at radius 3 is 2.28 bits per heavy atom. The molecule has 94 valence electrons. The monoisotopic (exact) mass is 263 g/mol. The van der Waals surface area contributed by atoms with E-state index in [1.165, 1.54) is 0 Å². The van der Waals surface area contributed by atoms with Crippen LogP contribution in [0.1, 0.15) is 37.0 Å². The van der Waals surface area contributed by atoms with Crippen LogP contribution in [-0.2, 0) is 5.41 Å². The first-order chi connectivity index (χ1) is 8.41. The highest BCUT2D eigenvalue weighted by Gasteiger charge is 2.25. The normalized spacial score (nSPS) is 11.6. The lowest BCUT2D eigenvalue weighted by molar-refractivity contribution is 0.111. The van der Waals surface area contributed by atoms with Crippen LogP contribution in [0.4, 0.5) is 0 Å². The number of rotatable bonds is 2. The molecule has 0 bridgehead atoms. The lowest BCUT2D eigenvalue weighted by Gasteiger charge is -2.14. The van der Waals surface area contributed by atoms with Gasteiger partial charge in [-0.25, -0.2) is 4.98 Å². The van der Waals surface area contributed by atoms with Crippen LogP contribution in [0, 0.1) is 0 Å². The molecule has 1 aromatic carbocycles. The minimum Gasteiger partial charge on any atom is -0.440 e. The van der Waals surface area contributed by atoms with Gasteiger partial charge in [0.1, 0.15) is 11.5 Å². The van der Waals surface area contributed by atoms with Crippen LogP contribution < -0.4 is 0 Å². The van der Waals surface area contributed by atoms with Crippen LogP contribution in [-0.4, -0.2) is 11.3 Å². The lowest BCUT2D eigenvalue weighted by atomic mass is 9.92. The van der Waals surface area contributed by atoms with E-state index in [2.05, 4.69) is 4.98 Å². The number of aldehydes is 1. The van der Waals surface area contributed by atoms with Crippen molar-refractivity contribution in [3.8, 4) is 11.5 Å². The van der Waals surface area contributed by atoms with E-state index in [0.717, 1.165) is 11.8 Å². The summed E-state index contributed by atoms with van der Waals surface area (Å²) in [5.41, 5.74) is 0.902. The van der Waals surface area contributed by atoms with Crippen LogP contribution in [0.5, 0.6) is 0 Å². The predicted molar refractivity (Wildman–Crippen MR) is 71.0 cm³/mol. The molecule has 2 aromatic rings. The summed E-state index contributed by atoms with van der Waals surface area (Å²) in [4.78, 5) is 15.2. The van der Waals surface area contributed by atoms with Gasteiger partial charge in [0.05, 0.1) is 0 Å². The fourth-order valence-electron chi connectivity index (χ4n) is 1.67. The Morgan fingerprint density at radius 2 is 1.83 bits per heavy atom. The molecule has 0 aliphatic carbocycles. The minimum atomic E-state index is -0.256. The zero-order valence-electron chi connectivity index (χ0n) is 10.5. The average molecular weight is 264 g/mol.